The number of rotatable bonds is 5. The van der Waals surface area contributed by atoms with Gasteiger partial charge in [-0.25, -0.2) is 8.42 Å². The first-order valence-electron chi connectivity index (χ1n) is 7.74. The number of nitriles is 1. The first-order valence-corrected chi connectivity index (χ1v) is 9.55. The Balaban J connectivity index is 2.11. The Morgan fingerprint density at radius 3 is 2.71 bits per heavy atom. The Kier molecular flexibility index (Phi) is 6.21. The van der Waals surface area contributed by atoms with Crippen LogP contribution in [0.25, 0.3) is 0 Å². The number of hydrogen-bond donors (Lipinski definition) is 0. The summed E-state index contributed by atoms with van der Waals surface area (Å²) in [4.78, 5) is 14.1. The summed E-state index contributed by atoms with van der Waals surface area (Å²) in [5.74, 6) is -0.481. The van der Waals surface area contributed by atoms with E-state index in [1.54, 1.807) is 7.05 Å². The number of benzene rings is 1. The van der Waals surface area contributed by atoms with Gasteiger partial charge in [0.05, 0.1) is 23.3 Å². The molecule has 1 heterocycles. The summed E-state index contributed by atoms with van der Waals surface area (Å²) in [7, 11) is -1.99. The van der Waals surface area contributed by atoms with Crippen molar-refractivity contribution >= 4 is 27.5 Å². The summed E-state index contributed by atoms with van der Waals surface area (Å²) in [5, 5.41) is 9.09. The van der Waals surface area contributed by atoms with E-state index in [4.69, 9.17) is 16.9 Å². The molecule has 1 saturated heterocycles. The minimum Gasteiger partial charge on any atom is -0.344 e. The minimum absolute atomic E-state index is 0.110. The molecule has 130 valence electrons. The topological polar surface area (TPSA) is 81.5 Å². The summed E-state index contributed by atoms with van der Waals surface area (Å²) in [5.41, 5.74) is 0. The molecule has 2 rings (SSSR count). The number of piperidine rings is 1. The predicted molar refractivity (Wildman–Crippen MR) is 90.8 cm³/mol. The first-order chi connectivity index (χ1) is 11.4. The van der Waals surface area contributed by atoms with E-state index in [1.807, 2.05) is 6.07 Å². The van der Waals surface area contributed by atoms with Gasteiger partial charge in [-0.3, -0.25) is 4.79 Å². The van der Waals surface area contributed by atoms with Gasteiger partial charge in [-0.1, -0.05) is 11.6 Å². The van der Waals surface area contributed by atoms with E-state index in [9.17, 15) is 13.2 Å². The average molecular weight is 370 g/mol. The SMILES string of the molecule is CN(CCC#N)C(=O)C1CCCN(S(=O)(=O)c2ccc(Cl)cc2)C1. The Morgan fingerprint density at radius 1 is 1.42 bits per heavy atom. The van der Waals surface area contributed by atoms with E-state index in [0.717, 1.165) is 0 Å². The quantitative estimate of drug-likeness (QED) is 0.796. The highest BCUT2D eigenvalue weighted by Crippen LogP contribution is 2.25. The normalized spacial score (nSPS) is 18.8. The number of nitrogens with zero attached hydrogens (tertiary/aromatic N) is 3. The summed E-state index contributed by atoms with van der Waals surface area (Å²) in [6.07, 6.45) is 1.55. The van der Waals surface area contributed by atoms with Crippen molar-refractivity contribution in [1.82, 2.24) is 9.21 Å². The predicted octanol–water partition coefficient (Wildman–Crippen LogP) is 2.11. The zero-order chi connectivity index (χ0) is 17.7. The third kappa shape index (κ3) is 4.26. The highest BCUT2D eigenvalue weighted by atomic mass is 35.5. The van der Waals surface area contributed by atoms with Gasteiger partial charge in [0.25, 0.3) is 0 Å². The van der Waals surface area contributed by atoms with Gasteiger partial charge in [0, 0.05) is 31.7 Å². The molecule has 0 aromatic heterocycles. The largest absolute Gasteiger partial charge is 0.344 e. The van der Waals surface area contributed by atoms with Crippen LogP contribution in [0.15, 0.2) is 29.2 Å². The van der Waals surface area contributed by atoms with E-state index in [1.165, 1.54) is 33.5 Å². The lowest BCUT2D eigenvalue weighted by atomic mass is 9.98. The van der Waals surface area contributed by atoms with Crippen molar-refractivity contribution in [3.8, 4) is 6.07 Å². The van der Waals surface area contributed by atoms with Gasteiger partial charge in [-0.2, -0.15) is 9.57 Å². The van der Waals surface area contributed by atoms with Gasteiger partial charge < -0.3 is 4.90 Å². The van der Waals surface area contributed by atoms with Crippen LogP contribution in [0.5, 0.6) is 0 Å². The lowest BCUT2D eigenvalue weighted by Crippen LogP contribution is -2.46. The van der Waals surface area contributed by atoms with Gasteiger partial charge in [0.2, 0.25) is 15.9 Å². The number of carbonyl (C=O) groups excluding carboxylic acids is 1. The second-order valence-corrected chi connectivity index (χ2v) is 8.20. The van der Waals surface area contributed by atoms with Crippen LogP contribution in [0.1, 0.15) is 19.3 Å². The van der Waals surface area contributed by atoms with Crippen LogP contribution in [-0.2, 0) is 14.8 Å². The van der Waals surface area contributed by atoms with E-state index >= 15 is 0 Å². The second-order valence-electron chi connectivity index (χ2n) is 5.82. The smallest absolute Gasteiger partial charge is 0.243 e. The van der Waals surface area contributed by atoms with E-state index in [-0.39, 0.29) is 29.7 Å². The van der Waals surface area contributed by atoms with Crippen LogP contribution in [0, 0.1) is 17.2 Å². The Morgan fingerprint density at radius 2 is 2.08 bits per heavy atom. The van der Waals surface area contributed by atoms with Gasteiger partial charge in [-0.15, -0.1) is 0 Å². The van der Waals surface area contributed by atoms with Crippen LogP contribution in [-0.4, -0.2) is 50.2 Å². The second kappa shape index (κ2) is 7.97. The van der Waals surface area contributed by atoms with Crippen molar-refractivity contribution in [2.24, 2.45) is 5.92 Å². The molecular formula is C16H20ClN3O3S. The molecular weight excluding hydrogens is 350 g/mol. The molecule has 1 atom stereocenters. The summed E-state index contributed by atoms with van der Waals surface area (Å²) < 4.78 is 26.8. The monoisotopic (exact) mass is 369 g/mol. The highest BCUT2D eigenvalue weighted by Gasteiger charge is 2.34. The maximum atomic E-state index is 12.7. The number of halogens is 1. The lowest BCUT2D eigenvalue weighted by molar-refractivity contribution is -0.135. The molecule has 24 heavy (non-hydrogen) atoms. The zero-order valence-electron chi connectivity index (χ0n) is 13.5. The van der Waals surface area contributed by atoms with Crippen LogP contribution in [0.2, 0.25) is 5.02 Å². The Bertz CT molecular complexity index is 728. The van der Waals surface area contributed by atoms with E-state index in [2.05, 4.69) is 0 Å². The summed E-state index contributed by atoms with van der Waals surface area (Å²) in [6.45, 7) is 0.924. The molecule has 1 aliphatic rings. The molecule has 1 aliphatic heterocycles. The molecule has 1 amide bonds. The van der Waals surface area contributed by atoms with Crippen molar-refractivity contribution in [2.75, 3.05) is 26.7 Å². The molecule has 8 heteroatoms. The molecule has 0 radical (unpaired) electrons. The fourth-order valence-electron chi connectivity index (χ4n) is 2.76. The molecule has 1 unspecified atom stereocenters. The van der Waals surface area contributed by atoms with Crippen LogP contribution >= 0.6 is 11.6 Å². The molecule has 6 nitrogen and oxygen atoms in total. The van der Waals surface area contributed by atoms with Crippen molar-refractivity contribution in [3.05, 3.63) is 29.3 Å². The fraction of sp³-hybridized carbons (Fsp3) is 0.500. The summed E-state index contributed by atoms with van der Waals surface area (Å²) >= 11 is 5.81. The van der Waals surface area contributed by atoms with Crippen molar-refractivity contribution < 1.29 is 13.2 Å². The molecule has 0 saturated carbocycles. The molecule has 1 aromatic carbocycles. The number of carbonyl (C=O) groups is 1. The summed E-state index contributed by atoms with van der Waals surface area (Å²) in [6, 6.07) is 8.03. The fourth-order valence-corrected chi connectivity index (χ4v) is 4.41. The Hall–Kier alpha value is -1.62. The van der Waals surface area contributed by atoms with E-state index < -0.39 is 10.0 Å². The van der Waals surface area contributed by atoms with Crippen molar-refractivity contribution in [3.63, 3.8) is 0 Å². The van der Waals surface area contributed by atoms with Gasteiger partial charge in [0.1, 0.15) is 0 Å². The molecule has 0 bridgehead atoms. The highest BCUT2D eigenvalue weighted by molar-refractivity contribution is 7.89. The molecule has 0 N–H and O–H groups in total. The molecule has 1 aromatic rings. The maximum absolute atomic E-state index is 12.7. The number of hydrogen-bond acceptors (Lipinski definition) is 4. The molecule has 1 fully saturated rings. The zero-order valence-corrected chi connectivity index (χ0v) is 15.1. The lowest BCUT2D eigenvalue weighted by Gasteiger charge is -2.33. The number of amides is 1. The van der Waals surface area contributed by atoms with Gasteiger partial charge in [0.15, 0.2) is 0 Å². The van der Waals surface area contributed by atoms with Gasteiger partial charge in [-0.05, 0) is 37.1 Å². The van der Waals surface area contributed by atoms with E-state index in [0.29, 0.717) is 31.0 Å². The third-order valence-electron chi connectivity index (χ3n) is 4.12. The van der Waals surface area contributed by atoms with Crippen molar-refractivity contribution in [1.29, 1.82) is 5.26 Å². The van der Waals surface area contributed by atoms with Gasteiger partial charge >= 0.3 is 0 Å². The third-order valence-corrected chi connectivity index (χ3v) is 6.25. The van der Waals surface area contributed by atoms with Crippen molar-refractivity contribution in [2.45, 2.75) is 24.2 Å². The average Bonchev–Trinajstić information content (AvgIpc) is 2.59. The number of sulfonamides is 1. The van der Waals surface area contributed by atoms with Crippen LogP contribution < -0.4 is 0 Å². The Labute approximate surface area is 147 Å². The maximum Gasteiger partial charge on any atom is 0.243 e. The molecule has 0 aliphatic carbocycles. The minimum atomic E-state index is -3.64. The standard InChI is InChI=1S/C16H20ClN3O3S/c1-19(10-3-9-18)16(21)13-4-2-11-20(12-13)24(22,23)15-7-5-14(17)6-8-15/h5-8,13H,2-4,10-12H2,1H3. The molecule has 0 spiro atoms. The van der Waals surface area contributed by atoms with Crippen LogP contribution in [0.3, 0.4) is 0 Å². The van der Waals surface area contributed by atoms with Crippen LogP contribution in [0.4, 0.5) is 0 Å². The first kappa shape index (κ1) is 18.7.